The van der Waals surface area contributed by atoms with Crippen molar-refractivity contribution in [3.63, 3.8) is 0 Å². The van der Waals surface area contributed by atoms with Gasteiger partial charge in [-0.3, -0.25) is 9.59 Å². The first kappa shape index (κ1) is 9.96. The summed E-state index contributed by atoms with van der Waals surface area (Å²) < 4.78 is 0. The molecule has 1 aliphatic carbocycles. The molecule has 0 spiro atoms. The third-order valence-corrected chi connectivity index (χ3v) is 2.94. The van der Waals surface area contributed by atoms with Gasteiger partial charge < -0.3 is 9.88 Å². The van der Waals surface area contributed by atoms with E-state index in [-0.39, 0.29) is 11.5 Å². The van der Waals surface area contributed by atoms with Gasteiger partial charge >= 0.3 is 0 Å². The first-order valence-corrected chi connectivity index (χ1v) is 5.15. The standard InChI is InChI=1S/C11H14N2O2/c1-13(8-4-2-5-8)11(15)9-6-3-7-10(14)12-9/h3,6-8H,2,4-5H2,1H3,(H,12,14). The molecule has 0 aromatic carbocycles. The summed E-state index contributed by atoms with van der Waals surface area (Å²) in [4.78, 5) is 27.2. The Morgan fingerprint density at radius 3 is 2.73 bits per heavy atom. The molecule has 0 saturated heterocycles. The van der Waals surface area contributed by atoms with Gasteiger partial charge in [0.2, 0.25) is 5.56 Å². The Morgan fingerprint density at radius 2 is 2.20 bits per heavy atom. The van der Waals surface area contributed by atoms with Crippen LogP contribution in [0.25, 0.3) is 0 Å². The van der Waals surface area contributed by atoms with E-state index in [1.807, 2.05) is 0 Å². The number of pyridine rings is 1. The van der Waals surface area contributed by atoms with Crippen LogP contribution in [0.1, 0.15) is 29.8 Å². The molecule has 1 N–H and O–H groups in total. The number of carbonyl (C=O) groups is 1. The zero-order valence-electron chi connectivity index (χ0n) is 8.69. The summed E-state index contributed by atoms with van der Waals surface area (Å²) in [6, 6.07) is 4.99. The molecule has 4 nitrogen and oxygen atoms in total. The third kappa shape index (κ3) is 1.93. The van der Waals surface area contributed by atoms with E-state index in [9.17, 15) is 9.59 Å². The molecule has 1 saturated carbocycles. The quantitative estimate of drug-likeness (QED) is 0.784. The average molecular weight is 206 g/mol. The Hall–Kier alpha value is -1.58. The summed E-state index contributed by atoms with van der Waals surface area (Å²) in [6.45, 7) is 0. The van der Waals surface area contributed by atoms with Crippen LogP contribution in [0.5, 0.6) is 0 Å². The van der Waals surface area contributed by atoms with Gasteiger partial charge in [0.15, 0.2) is 0 Å². The number of aromatic nitrogens is 1. The first-order chi connectivity index (χ1) is 7.18. The summed E-state index contributed by atoms with van der Waals surface area (Å²) in [5.41, 5.74) is 0.139. The maximum absolute atomic E-state index is 11.9. The minimum atomic E-state index is -0.233. The number of amides is 1. The van der Waals surface area contributed by atoms with Crippen LogP contribution >= 0.6 is 0 Å². The smallest absolute Gasteiger partial charge is 0.270 e. The predicted octanol–water partition coefficient (Wildman–Crippen LogP) is 0.999. The maximum Gasteiger partial charge on any atom is 0.270 e. The number of H-pyrrole nitrogens is 1. The molecule has 1 aromatic heterocycles. The van der Waals surface area contributed by atoms with E-state index >= 15 is 0 Å². The van der Waals surface area contributed by atoms with Crippen LogP contribution in [0.3, 0.4) is 0 Å². The van der Waals surface area contributed by atoms with Crippen molar-refractivity contribution in [2.24, 2.45) is 0 Å². The van der Waals surface area contributed by atoms with Gasteiger partial charge in [-0.1, -0.05) is 6.07 Å². The van der Waals surface area contributed by atoms with Crippen LogP contribution in [-0.2, 0) is 0 Å². The fraction of sp³-hybridized carbons (Fsp3) is 0.455. The molecule has 0 bridgehead atoms. The van der Waals surface area contributed by atoms with Crippen molar-refractivity contribution in [3.8, 4) is 0 Å². The Kier molecular flexibility index (Phi) is 2.58. The van der Waals surface area contributed by atoms with Gasteiger partial charge in [-0.05, 0) is 25.3 Å². The largest absolute Gasteiger partial charge is 0.337 e. The first-order valence-electron chi connectivity index (χ1n) is 5.15. The van der Waals surface area contributed by atoms with E-state index in [0.717, 1.165) is 12.8 Å². The maximum atomic E-state index is 11.9. The number of rotatable bonds is 2. The van der Waals surface area contributed by atoms with E-state index in [1.54, 1.807) is 24.1 Å². The zero-order valence-corrected chi connectivity index (χ0v) is 8.69. The molecule has 0 atom stereocenters. The molecular formula is C11H14N2O2. The van der Waals surface area contributed by atoms with Crippen LogP contribution in [0.2, 0.25) is 0 Å². The van der Waals surface area contributed by atoms with Gasteiger partial charge in [0.05, 0.1) is 0 Å². The van der Waals surface area contributed by atoms with Crippen molar-refractivity contribution in [2.45, 2.75) is 25.3 Å². The van der Waals surface area contributed by atoms with Crippen molar-refractivity contribution in [1.82, 2.24) is 9.88 Å². The van der Waals surface area contributed by atoms with E-state index < -0.39 is 0 Å². The predicted molar refractivity (Wildman–Crippen MR) is 56.8 cm³/mol. The van der Waals surface area contributed by atoms with Gasteiger partial charge in [0.1, 0.15) is 5.69 Å². The average Bonchev–Trinajstić information content (AvgIpc) is 2.14. The number of hydrogen-bond acceptors (Lipinski definition) is 2. The van der Waals surface area contributed by atoms with Crippen LogP contribution in [0, 0.1) is 0 Å². The molecule has 4 heteroatoms. The van der Waals surface area contributed by atoms with Gasteiger partial charge in [0.25, 0.3) is 5.91 Å². The minimum absolute atomic E-state index is 0.0996. The summed E-state index contributed by atoms with van der Waals surface area (Å²) >= 11 is 0. The lowest BCUT2D eigenvalue weighted by Crippen LogP contribution is -2.41. The molecule has 1 heterocycles. The fourth-order valence-corrected chi connectivity index (χ4v) is 1.70. The van der Waals surface area contributed by atoms with Crippen LogP contribution < -0.4 is 5.56 Å². The summed E-state index contributed by atoms with van der Waals surface area (Å²) in [7, 11) is 1.79. The third-order valence-electron chi connectivity index (χ3n) is 2.94. The van der Waals surface area contributed by atoms with Crippen molar-refractivity contribution in [3.05, 3.63) is 34.2 Å². The van der Waals surface area contributed by atoms with E-state index in [0.29, 0.717) is 11.7 Å². The monoisotopic (exact) mass is 206 g/mol. The number of hydrogen-bond donors (Lipinski definition) is 1. The van der Waals surface area contributed by atoms with E-state index in [1.165, 1.54) is 12.5 Å². The highest BCUT2D eigenvalue weighted by Crippen LogP contribution is 2.24. The van der Waals surface area contributed by atoms with Crippen molar-refractivity contribution in [2.75, 3.05) is 7.05 Å². The molecule has 1 aliphatic rings. The molecule has 1 aromatic rings. The highest BCUT2D eigenvalue weighted by Gasteiger charge is 2.26. The summed E-state index contributed by atoms with van der Waals surface area (Å²) in [5.74, 6) is -0.0996. The van der Waals surface area contributed by atoms with Gasteiger partial charge in [-0.15, -0.1) is 0 Å². The number of carbonyl (C=O) groups excluding carboxylic acids is 1. The van der Waals surface area contributed by atoms with Gasteiger partial charge in [0, 0.05) is 19.2 Å². The minimum Gasteiger partial charge on any atom is -0.337 e. The lowest BCUT2D eigenvalue weighted by Gasteiger charge is -2.34. The highest BCUT2D eigenvalue weighted by atomic mass is 16.2. The van der Waals surface area contributed by atoms with E-state index in [4.69, 9.17) is 0 Å². The normalized spacial score (nSPS) is 15.8. The van der Waals surface area contributed by atoms with Gasteiger partial charge in [-0.25, -0.2) is 0 Å². The van der Waals surface area contributed by atoms with Crippen LogP contribution in [0.4, 0.5) is 0 Å². The SMILES string of the molecule is CN(C(=O)c1cccc(=O)[nH]1)C1CCC1. The van der Waals surface area contributed by atoms with Crippen molar-refractivity contribution < 1.29 is 4.79 Å². The van der Waals surface area contributed by atoms with E-state index in [2.05, 4.69) is 4.98 Å². The summed E-state index contributed by atoms with van der Waals surface area (Å²) in [6.07, 6.45) is 3.33. The molecule has 0 radical (unpaired) electrons. The number of aromatic amines is 1. The molecular weight excluding hydrogens is 192 g/mol. The second-order valence-electron chi connectivity index (χ2n) is 3.93. The second-order valence-corrected chi connectivity index (χ2v) is 3.93. The summed E-state index contributed by atoms with van der Waals surface area (Å²) in [5, 5.41) is 0. The van der Waals surface area contributed by atoms with Gasteiger partial charge in [-0.2, -0.15) is 0 Å². The fourth-order valence-electron chi connectivity index (χ4n) is 1.70. The number of nitrogens with one attached hydrogen (secondary N) is 1. The molecule has 15 heavy (non-hydrogen) atoms. The molecule has 1 fully saturated rings. The van der Waals surface area contributed by atoms with Crippen molar-refractivity contribution >= 4 is 5.91 Å². The van der Waals surface area contributed by atoms with Crippen LogP contribution in [0.15, 0.2) is 23.0 Å². The Balaban J connectivity index is 2.16. The lowest BCUT2D eigenvalue weighted by atomic mass is 9.92. The second kappa shape index (κ2) is 3.88. The molecule has 2 rings (SSSR count). The molecule has 0 aliphatic heterocycles. The Bertz CT molecular complexity index is 421. The molecule has 1 amide bonds. The Labute approximate surface area is 87.9 Å². The lowest BCUT2D eigenvalue weighted by molar-refractivity contribution is 0.0646. The highest BCUT2D eigenvalue weighted by molar-refractivity contribution is 5.92. The Morgan fingerprint density at radius 1 is 1.47 bits per heavy atom. The topological polar surface area (TPSA) is 53.2 Å². The van der Waals surface area contributed by atoms with Crippen molar-refractivity contribution in [1.29, 1.82) is 0 Å². The zero-order chi connectivity index (χ0) is 10.8. The van der Waals surface area contributed by atoms with Crippen LogP contribution in [-0.4, -0.2) is 28.9 Å². The number of nitrogens with zero attached hydrogens (tertiary/aromatic N) is 1. The molecule has 80 valence electrons. The molecule has 0 unspecified atom stereocenters.